The number of carbonyl (C=O) groups is 1. The molecule has 120 valence electrons. The lowest BCUT2D eigenvalue weighted by atomic mass is 9.94. The second kappa shape index (κ2) is 6.44. The molecule has 0 bridgehead atoms. The standard InChI is InChI=1S/C21H20N2O/c24-21(16-8-2-1-3-9-16)23-13-7-6-12-20(23)18-14-17-10-4-5-11-19(17)22-15-18/h1-5,8-11,14-15,20H,6-7,12-13H2/t20-/m0/s1. The summed E-state index contributed by atoms with van der Waals surface area (Å²) in [4.78, 5) is 19.6. The molecular weight excluding hydrogens is 296 g/mol. The van der Waals surface area contributed by atoms with Crippen molar-refractivity contribution in [2.75, 3.05) is 6.54 Å². The molecule has 0 saturated carbocycles. The van der Waals surface area contributed by atoms with E-state index in [0.717, 1.165) is 47.8 Å². The highest BCUT2D eigenvalue weighted by molar-refractivity contribution is 5.94. The van der Waals surface area contributed by atoms with Gasteiger partial charge in [0.1, 0.15) is 0 Å². The van der Waals surface area contributed by atoms with E-state index < -0.39 is 0 Å². The van der Waals surface area contributed by atoms with Crippen LogP contribution < -0.4 is 0 Å². The van der Waals surface area contributed by atoms with E-state index in [-0.39, 0.29) is 11.9 Å². The van der Waals surface area contributed by atoms with Crippen molar-refractivity contribution in [3.63, 3.8) is 0 Å². The summed E-state index contributed by atoms with van der Waals surface area (Å²) in [5, 5.41) is 1.13. The Hall–Kier alpha value is -2.68. The van der Waals surface area contributed by atoms with Gasteiger partial charge >= 0.3 is 0 Å². The summed E-state index contributed by atoms with van der Waals surface area (Å²) in [6.45, 7) is 0.811. The molecule has 3 nitrogen and oxygen atoms in total. The maximum Gasteiger partial charge on any atom is 0.254 e. The molecule has 3 heteroatoms. The zero-order valence-corrected chi connectivity index (χ0v) is 13.6. The Morgan fingerprint density at radius 1 is 1.00 bits per heavy atom. The number of benzene rings is 2. The van der Waals surface area contributed by atoms with Crippen molar-refractivity contribution < 1.29 is 4.79 Å². The molecule has 24 heavy (non-hydrogen) atoms. The predicted octanol–water partition coefficient (Wildman–Crippen LogP) is 4.60. The number of nitrogens with zero attached hydrogens (tertiary/aromatic N) is 2. The van der Waals surface area contributed by atoms with Crippen LogP contribution in [0.3, 0.4) is 0 Å². The number of aromatic nitrogens is 1. The van der Waals surface area contributed by atoms with Gasteiger partial charge < -0.3 is 4.90 Å². The summed E-state index contributed by atoms with van der Waals surface area (Å²) < 4.78 is 0. The minimum Gasteiger partial charge on any atom is -0.332 e. The number of para-hydroxylation sites is 1. The van der Waals surface area contributed by atoms with E-state index >= 15 is 0 Å². The number of amides is 1. The number of piperidine rings is 1. The quantitative estimate of drug-likeness (QED) is 0.692. The van der Waals surface area contributed by atoms with Crippen molar-refractivity contribution in [3.05, 3.63) is 78.0 Å². The van der Waals surface area contributed by atoms with Gasteiger partial charge in [-0.15, -0.1) is 0 Å². The number of rotatable bonds is 2. The molecule has 3 aromatic rings. The Balaban J connectivity index is 1.69. The monoisotopic (exact) mass is 316 g/mol. The van der Waals surface area contributed by atoms with Crippen LogP contribution in [0.5, 0.6) is 0 Å². The first kappa shape index (κ1) is 14.9. The third kappa shape index (κ3) is 2.78. The van der Waals surface area contributed by atoms with Crippen LogP contribution in [0, 0.1) is 0 Å². The first-order valence-corrected chi connectivity index (χ1v) is 8.53. The minimum atomic E-state index is 0.114. The van der Waals surface area contributed by atoms with E-state index in [4.69, 9.17) is 0 Å². The van der Waals surface area contributed by atoms with Gasteiger partial charge in [0.15, 0.2) is 0 Å². The molecule has 1 aliphatic heterocycles. The maximum absolute atomic E-state index is 13.0. The fourth-order valence-electron chi connectivity index (χ4n) is 3.54. The van der Waals surface area contributed by atoms with E-state index in [1.54, 1.807) is 0 Å². The van der Waals surface area contributed by atoms with E-state index in [0.29, 0.717) is 0 Å². The average Bonchev–Trinajstić information content (AvgIpc) is 2.68. The van der Waals surface area contributed by atoms with Crippen molar-refractivity contribution in [1.29, 1.82) is 0 Å². The van der Waals surface area contributed by atoms with Gasteiger partial charge in [0.05, 0.1) is 11.6 Å². The third-order valence-electron chi connectivity index (χ3n) is 4.78. The highest BCUT2D eigenvalue weighted by Crippen LogP contribution is 2.33. The smallest absolute Gasteiger partial charge is 0.254 e. The van der Waals surface area contributed by atoms with E-state index in [1.165, 1.54) is 0 Å². The zero-order chi connectivity index (χ0) is 16.4. The largest absolute Gasteiger partial charge is 0.332 e. The topological polar surface area (TPSA) is 33.2 Å². The lowest BCUT2D eigenvalue weighted by Gasteiger charge is -2.36. The van der Waals surface area contributed by atoms with Crippen LogP contribution >= 0.6 is 0 Å². The minimum absolute atomic E-state index is 0.114. The Labute approximate surface area is 141 Å². The Kier molecular flexibility index (Phi) is 3.99. The highest BCUT2D eigenvalue weighted by Gasteiger charge is 2.28. The zero-order valence-electron chi connectivity index (χ0n) is 13.6. The molecule has 0 radical (unpaired) electrons. The van der Waals surface area contributed by atoms with Crippen molar-refractivity contribution in [2.24, 2.45) is 0 Å². The molecule has 0 aliphatic carbocycles. The summed E-state index contributed by atoms with van der Waals surface area (Å²) in [6.07, 6.45) is 5.15. The van der Waals surface area contributed by atoms with Crippen molar-refractivity contribution >= 4 is 16.8 Å². The Bertz CT molecular complexity index is 860. The normalized spacial score (nSPS) is 17.8. The van der Waals surface area contributed by atoms with Crippen LogP contribution in [0.2, 0.25) is 0 Å². The van der Waals surface area contributed by atoms with Crippen LogP contribution in [0.15, 0.2) is 66.9 Å². The van der Waals surface area contributed by atoms with Gasteiger partial charge in [0.2, 0.25) is 0 Å². The molecule has 2 heterocycles. The van der Waals surface area contributed by atoms with Crippen molar-refractivity contribution in [1.82, 2.24) is 9.88 Å². The average molecular weight is 316 g/mol. The summed E-state index contributed by atoms with van der Waals surface area (Å²) >= 11 is 0. The molecule has 1 fully saturated rings. The molecule has 0 N–H and O–H groups in total. The van der Waals surface area contributed by atoms with Crippen LogP contribution in [0.1, 0.15) is 41.2 Å². The van der Waals surface area contributed by atoms with Gasteiger partial charge in [0.25, 0.3) is 5.91 Å². The maximum atomic E-state index is 13.0. The van der Waals surface area contributed by atoms with Crippen LogP contribution in [0.4, 0.5) is 0 Å². The molecular formula is C21H20N2O. The number of hydrogen-bond donors (Lipinski definition) is 0. The number of likely N-dealkylation sites (tertiary alicyclic amines) is 1. The highest BCUT2D eigenvalue weighted by atomic mass is 16.2. The fraction of sp³-hybridized carbons (Fsp3) is 0.238. The van der Waals surface area contributed by atoms with Gasteiger partial charge in [-0.05, 0) is 49.1 Å². The first-order chi connectivity index (χ1) is 11.8. The molecule has 0 spiro atoms. The van der Waals surface area contributed by atoms with Crippen molar-refractivity contribution in [3.8, 4) is 0 Å². The van der Waals surface area contributed by atoms with Crippen LogP contribution in [0.25, 0.3) is 10.9 Å². The third-order valence-corrected chi connectivity index (χ3v) is 4.78. The second-order valence-electron chi connectivity index (χ2n) is 6.34. The van der Waals surface area contributed by atoms with Crippen LogP contribution in [-0.2, 0) is 0 Å². The molecule has 1 amide bonds. The SMILES string of the molecule is O=C(c1ccccc1)N1CCCC[C@H]1c1cnc2ccccc2c1. The summed E-state index contributed by atoms with van der Waals surface area (Å²) in [7, 11) is 0. The molecule has 2 aromatic carbocycles. The van der Waals surface area contributed by atoms with Gasteiger partial charge in [-0.3, -0.25) is 9.78 Å². The number of hydrogen-bond acceptors (Lipinski definition) is 2. The van der Waals surface area contributed by atoms with Crippen molar-refractivity contribution in [2.45, 2.75) is 25.3 Å². The second-order valence-corrected chi connectivity index (χ2v) is 6.34. The molecule has 1 atom stereocenters. The summed E-state index contributed by atoms with van der Waals surface area (Å²) in [5.74, 6) is 0.119. The van der Waals surface area contributed by atoms with Gasteiger partial charge in [-0.1, -0.05) is 36.4 Å². The number of pyridine rings is 1. The van der Waals surface area contributed by atoms with Crippen LogP contribution in [-0.4, -0.2) is 22.3 Å². The Morgan fingerprint density at radius 3 is 2.67 bits per heavy atom. The van der Waals surface area contributed by atoms with Gasteiger partial charge in [-0.2, -0.15) is 0 Å². The van der Waals surface area contributed by atoms with E-state index in [2.05, 4.69) is 17.1 Å². The predicted molar refractivity (Wildman–Crippen MR) is 95.8 cm³/mol. The van der Waals surface area contributed by atoms with Gasteiger partial charge in [0, 0.05) is 23.7 Å². The van der Waals surface area contributed by atoms with Gasteiger partial charge in [-0.25, -0.2) is 0 Å². The molecule has 4 rings (SSSR count). The summed E-state index contributed by atoms with van der Waals surface area (Å²) in [5.41, 5.74) is 2.90. The lowest BCUT2D eigenvalue weighted by Crippen LogP contribution is -2.38. The molecule has 1 aromatic heterocycles. The van der Waals surface area contributed by atoms with E-state index in [9.17, 15) is 4.79 Å². The fourth-order valence-corrected chi connectivity index (χ4v) is 3.54. The number of fused-ring (bicyclic) bond motifs is 1. The Morgan fingerprint density at radius 2 is 1.79 bits per heavy atom. The lowest BCUT2D eigenvalue weighted by molar-refractivity contribution is 0.0611. The number of carbonyl (C=O) groups excluding carboxylic acids is 1. The molecule has 1 saturated heterocycles. The van der Waals surface area contributed by atoms with E-state index in [1.807, 2.05) is 59.6 Å². The molecule has 1 aliphatic rings. The molecule has 0 unspecified atom stereocenters. The summed E-state index contributed by atoms with van der Waals surface area (Å²) in [6, 6.07) is 20.0. The first-order valence-electron chi connectivity index (χ1n) is 8.53.